The number of rotatable bonds is 6. The predicted octanol–water partition coefficient (Wildman–Crippen LogP) is 3.79. The van der Waals surface area contributed by atoms with Gasteiger partial charge in [-0.05, 0) is 40.0 Å². The molecule has 15 heavy (non-hydrogen) atoms. The molecule has 0 amide bonds. The zero-order chi connectivity index (χ0) is 11.8. The quantitative estimate of drug-likeness (QED) is 0.677. The number of hydrogen-bond donors (Lipinski definition) is 1. The molecule has 0 aromatic rings. The second-order valence-electron chi connectivity index (χ2n) is 4.35. The lowest BCUT2D eigenvalue weighted by molar-refractivity contribution is -0.140. The Morgan fingerprint density at radius 3 is 2.33 bits per heavy atom. The van der Waals surface area contributed by atoms with Crippen LogP contribution in [0.4, 0.5) is 0 Å². The van der Waals surface area contributed by atoms with E-state index in [9.17, 15) is 4.79 Å². The molecular formula is C13H22O2. The molecular weight excluding hydrogens is 188 g/mol. The summed E-state index contributed by atoms with van der Waals surface area (Å²) in [5.74, 6) is -0.994. The van der Waals surface area contributed by atoms with Crippen LogP contribution in [0.5, 0.6) is 0 Å². The minimum absolute atomic E-state index is 0.275. The summed E-state index contributed by atoms with van der Waals surface area (Å²) in [6.45, 7) is 7.98. The summed E-state index contributed by atoms with van der Waals surface area (Å²) in [6.07, 6.45) is 6.95. The number of hydrogen-bond acceptors (Lipinski definition) is 1. The molecule has 0 saturated carbocycles. The molecule has 0 radical (unpaired) electrons. The molecule has 0 saturated heterocycles. The summed E-state index contributed by atoms with van der Waals surface area (Å²) >= 11 is 0. The SMILES string of the molecule is CC(C)=CCC/C(C)=C/CC(C)C(=O)O. The van der Waals surface area contributed by atoms with Crippen molar-refractivity contribution in [1.29, 1.82) is 0 Å². The first-order valence-electron chi connectivity index (χ1n) is 5.45. The van der Waals surface area contributed by atoms with Crippen molar-refractivity contribution in [2.24, 2.45) is 5.92 Å². The Labute approximate surface area is 92.7 Å². The van der Waals surface area contributed by atoms with Crippen LogP contribution in [0.25, 0.3) is 0 Å². The summed E-state index contributed by atoms with van der Waals surface area (Å²) in [4.78, 5) is 10.6. The van der Waals surface area contributed by atoms with Gasteiger partial charge in [0.25, 0.3) is 0 Å². The molecule has 2 nitrogen and oxygen atoms in total. The number of aliphatic carboxylic acids is 1. The van der Waals surface area contributed by atoms with Crippen LogP contribution in [0.3, 0.4) is 0 Å². The highest BCUT2D eigenvalue weighted by molar-refractivity contribution is 5.69. The Morgan fingerprint density at radius 1 is 1.27 bits per heavy atom. The molecule has 1 atom stereocenters. The van der Waals surface area contributed by atoms with Gasteiger partial charge < -0.3 is 5.11 Å². The number of allylic oxidation sites excluding steroid dienone is 4. The number of carboxylic acids is 1. The Morgan fingerprint density at radius 2 is 1.87 bits per heavy atom. The highest BCUT2D eigenvalue weighted by atomic mass is 16.4. The smallest absolute Gasteiger partial charge is 0.306 e. The van der Waals surface area contributed by atoms with Crippen LogP contribution in [0.1, 0.15) is 47.0 Å². The van der Waals surface area contributed by atoms with Crippen LogP contribution in [-0.2, 0) is 4.79 Å². The molecule has 2 heteroatoms. The lowest BCUT2D eigenvalue weighted by Gasteiger charge is -2.03. The first-order valence-corrected chi connectivity index (χ1v) is 5.45. The first kappa shape index (κ1) is 13.9. The van der Waals surface area contributed by atoms with Crippen LogP contribution in [0, 0.1) is 5.92 Å². The van der Waals surface area contributed by atoms with E-state index in [0.717, 1.165) is 12.8 Å². The summed E-state index contributed by atoms with van der Waals surface area (Å²) < 4.78 is 0. The van der Waals surface area contributed by atoms with Gasteiger partial charge in [0.05, 0.1) is 5.92 Å². The largest absolute Gasteiger partial charge is 0.481 e. The molecule has 0 bridgehead atoms. The van der Waals surface area contributed by atoms with E-state index in [1.54, 1.807) is 6.92 Å². The lowest BCUT2D eigenvalue weighted by Crippen LogP contribution is -2.07. The standard InChI is InChI=1S/C13H22O2/c1-10(2)6-5-7-11(3)8-9-12(4)13(14)15/h6,8,12H,5,7,9H2,1-4H3,(H,14,15)/b11-8+. The second-order valence-corrected chi connectivity index (χ2v) is 4.35. The van der Waals surface area contributed by atoms with Crippen molar-refractivity contribution < 1.29 is 9.90 Å². The summed E-state index contributed by atoms with van der Waals surface area (Å²) in [6, 6.07) is 0. The molecule has 86 valence electrons. The minimum atomic E-state index is -0.719. The van der Waals surface area contributed by atoms with Gasteiger partial charge in [0.2, 0.25) is 0 Å². The van der Waals surface area contributed by atoms with Crippen LogP contribution >= 0.6 is 0 Å². The van der Waals surface area contributed by atoms with E-state index in [4.69, 9.17) is 5.11 Å². The molecule has 0 fully saturated rings. The van der Waals surface area contributed by atoms with E-state index in [2.05, 4.69) is 26.8 Å². The predicted molar refractivity (Wildman–Crippen MR) is 63.8 cm³/mol. The normalized spacial score (nSPS) is 13.5. The van der Waals surface area contributed by atoms with Crippen LogP contribution < -0.4 is 0 Å². The van der Waals surface area contributed by atoms with Gasteiger partial charge in [0.15, 0.2) is 0 Å². The molecule has 0 aromatic heterocycles. The fourth-order valence-corrected chi connectivity index (χ4v) is 1.17. The second kappa shape index (κ2) is 7.27. The van der Waals surface area contributed by atoms with Gasteiger partial charge >= 0.3 is 5.97 Å². The van der Waals surface area contributed by atoms with E-state index >= 15 is 0 Å². The van der Waals surface area contributed by atoms with Crippen LogP contribution in [0.15, 0.2) is 23.3 Å². The van der Waals surface area contributed by atoms with Crippen molar-refractivity contribution in [3.05, 3.63) is 23.3 Å². The Bertz CT molecular complexity index is 258. The van der Waals surface area contributed by atoms with Crippen molar-refractivity contribution in [1.82, 2.24) is 0 Å². The van der Waals surface area contributed by atoms with E-state index < -0.39 is 5.97 Å². The van der Waals surface area contributed by atoms with Gasteiger partial charge in [-0.3, -0.25) is 4.79 Å². The highest BCUT2D eigenvalue weighted by Gasteiger charge is 2.07. The van der Waals surface area contributed by atoms with Gasteiger partial charge in [0.1, 0.15) is 0 Å². The van der Waals surface area contributed by atoms with Gasteiger partial charge in [0, 0.05) is 0 Å². The molecule has 0 aromatic carbocycles. The fraction of sp³-hybridized carbons (Fsp3) is 0.615. The minimum Gasteiger partial charge on any atom is -0.481 e. The summed E-state index contributed by atoms with van der Waals surface area (Å²) in [7, 11) is 0. The van der Waals surface area contributed by atoms with Crippen molar-refractivity contribution in [2.45, 2.75) is 47.0 Å². The van der Waals surface area contributed by atoms with Crippen molar-refractivity contribution >= 4 is 5.97 Å². The van der Waals surface area contributed by atoms with E-state index in [0.29, 0.717) is 6.42 Å². The number of carbonyl (C=O) groups is 1. The lowest BCUT2D eigenvalue weighted by atomic mass is 10.0. The van der Waals surface area contributed by atoms with Gasteiger partial charge in [-0.15, -0.1) is 0 Å². The van der Waals surface area contributed by atoms with Crippen LogP contribution in [0.2, 0.25) is 0 Å². The molecule has 0 heterocycles. The zero-order valence-corrected chi connectivity index (χ0v) is 10.2. The molecule has 0 aliphatic rings. The molecule has 0 aliphatic carbocycles. The Kier molecular flexibility index (Phi) is 6.76. The van der Waals surface area contributed by atoms with Gasteiger partial charge in [-0.25, -0.2) is 0 Å². The third-order valence-electron chi connectivity index (χ3n) is 2.33. The Balaban J connectivity index is 3.89. The zero-order valence-electron chi connectivity index (χ0n) is 10.2. The number of carboxylic acid groups (broad SMARTS) is 1. The molecule has 1 unspecified atom stereocenters. The molecule has 0 spiro atoms. The Hall–Kier alpha value is -1.05. The van der Waals surface area contributed by atoms with E-state index in [1.165, 1.54) is 11.1 Å². The van der Waals surface area contributed by atoms with E-state index in [1.807, 2.05) is 6.08 Å². The first-order chi connectivity index (χ1) is 6.93. The van der Waals surface area contributed by atoms with Crippen molar-refractivity contribution in [3.8, 4) is 0 Å². The molecule has 1 N–H and O–H groups in total. The third-order valence-corrected chi connectivity index (χ3v) is 2.33. The average Bonchev–Trinajstić information content (AvgIpc) is 2.13. The highest BCUT2D eigenvalue weighted by Crippen LogP contribution is 2.11. The maximum atomic E-state index is 10.6. The van der Waals surface area contributed by atoms with Gasteiger partial charge in [-0.2, -0.15) is 0 Å². The average molecular weight is 210 g/mol. The molecule has 0 aliphatic heterocycles. The van der Waals surface area contributed by atoms with Crippen molar-refractivity contribution in [3.63, 3.8) is 0 Å². The third kappa shape index (κ3) is 7.98. The summed E-state index contributed by atoms with van der Waals surface area (Å²) in [5.41, 5.74) is 2.61. The van der Waals surface area contributed by atoms with Crippen molar-refractivity contribution in [2.75, 3.05) is 0 Å². The topological polar surface area (TPSA) is 37.3 Å². The monoisotopic (exact) mass is 210 g/mol. The van der Waals surface area contributed by atoms with Crippen LogP contribution in [-0.4, -0.2) is 11.1 Å². The van der Waals surface area contributed by atoms with E-state index in [-0.39, 0.29) is 5.92 Å². The maximum absolute atomic E-state index is 10.6. The summed E-state index contributed by atoms with van der Waals surface area (Å²) in [5, 5.41) is 8.70. The fourth-order valence-electron chi connectivity index (χ4n) is 1.17. The molecule has 0 rings (SSSR count). The maximum Gasteiger partial charge on any atom is 0.306 e. The van der Waals surface area contributed by atoms with Gasteiger partial charge in [-0.1, -0.05) is 30.2 Å².